The maximum Gasteiger partial charge on any atom is 0.269 e. The highest BCUT2D eigenvalue weighted by Gasteiger charge is 2.15. The van der Waals surface area contributed by atoms with E-state index in [1.54, 1.807) is 0 Å². The molecule has 0 unspecified atom stereocenters. The van der Waals surface area contributed by atoms with Crippen LogP contribution in [0.15, 0.2) is 0 Å². The molecule has 4 nitrogen and oxygen atoms in total. The molecule has 1 heterocycles. The second-order valence-corrected chi connectivity index (χ2v) is 2.99. The first-order valence-electron chi connectivity index (χ1n) is 4.22. The molecule has 4 heteroatoms. The molecule has 0 aliphatic carbocycles. The Kier molecular flexibility index (Phi) is 3.08. The van der Waals surface area contributed by atoms with E-state index in [9.17, 15) is 14.7 Å². The highest BCUT2D eigenvalue weighted by molar-refractivity contribution is 6.30. The van der Waals surface area contributed by atoms with Crippen molar-refractivity contribution in [1.82, 2.24) is 4.90 Å². The minimum atomic E-state index is -1.59. The van der Waals surface area contributed by atoms with Crippen LogP contribution >= 0.6 is 0 Å². The Morgan fingerprint density at radius 3 is 1.92 bits per heavy atom. The molecule has 12 heavy (non-hydrogen) atoms. The number of rotatable bonds is 0. The third-order valence-corrected chi connectivity index (χ3v) is 2.07. The summed E-state index contributed by atoms with van der Waals surface area (Å²) < 4.78 is 0. The number of carboxylic acids is 1. The van der Waals surface area contributed by atoms with E-state index in [4.69, 9.17) is 0 Å². The van der Waals surface area contributed by atoms with Gasteiger partial charge in [0.2, 0.25) is 0 Å². The number of likely N-dealkylation sites (tertiary alicyclic amines) is 1. The fourth-order valence-corrected chi connectivity index (χ4v) is 1.40. The van der Waals surface area contributed by atoms with E-state index >= 15 is 0 Å². The summed E-state index contributed by atoms with van der Waals surface area (Å²) in [6.07, 6.45) is 3.96. The van der Waals surface area contributed by atoms with Crippen molar-refractivity contribution in [3.63, 3.8) is 0 Å². The van der Waals surface area contributed by atoms with Gasteiger partial charge in [0.15, 0.2) is 0 Å². The number of carboxylic acid groups (broad SMARTS) is 1. The minimum absolute atomic E-state index is 0.562. The first kappa shape index (κ1) is 9.03. The Bertz CT molecular complexity index is 183. The average molecular weight is 170 g/mol. The van der Waals surface area contributed by atoms with E-state index in [0.29, 0.717) is 13.1 Å². The van der Waals surface area contributed by atoms with Crippen LogP contribution < -0.4 is 5.11 Å². The fourth-order valence-electron chi connectivity index (χ4n) is 1.40. The van der Waals surface area contributed by atoms with Crippen molar-refractivity contribution in [2.45, 2.75) is 25.7 Å². The van der Waals surface area contributed by atoms with Crippen LogP contribution in [0.1, 0.15) is 25.7 Å². The third-order valence-electron chi connectivity index (χ3n) is 2.07. The van der Waals surface area contributed by atoms with Crippen LogP contribution in [-0.2, 0) is 9.59 Å². The monoisotopic (exact) mass is 170 g/mol. The van der Waals surface area contributed by atoms with Crippen molar-refractivity contribution in [3.05, 3.63) is 0 Å². The van der Waals surface area contributed by atoms with Gasteiger partial charge in [-0.3, -0.25) is 4.79 Å². The minimum Gasteiger partial charge on any atom is -0.540 e. The number of carbonyl (C=O) groups is 2. The summed E-state index contributed by atoms with van der Waals surface area (Å²) in [5.41, 5.74) is 0. The standard InChI is InChI=1S/C8H13NO3/c10-7(8(11)12)9-5-3-1-2-4-6-9/h1-6H2,(H,11,12)/p-1. The summed E-state index contributed by atoms with van der Waals surface area (Å²) in [5, 5.41) is 10.2. The van der Waals surface area contributed by atoms with E-state index in [1.807, 2.05) is 0 Å². The van der Waals surface area contributed by atoms with Gasteiger partial charge >= 0.3 is 0 Å². The van der Waals surface area contributed by atoms with Gasteiger partial charge in [-0.05, 0) is 12.8 Å². The van der Waals surface area contributed by atoms with Crippen molar-refractivity contribution in [2.75, 3.05) is 13.1 Å². The lowest BCUT2D eigenvalue weighted by Crippen LogP contribution is -2.44. The molecule has 0 radical (unpaired) electrons. The molecule has 0 spiro atoms. The number of amides is 1. The van der Waals surface area contributed by atoms with Gasteiger partial charge in [-0.2, -0.15) is 0 Å². The maximum absolute atomic E-state index is 10.9. The second-order valence-electron chi connectivity index (χ2n) is 2.99. The smallest absolute Gasteiger partial charge is 0.269 e. The van der Waals surface area contributed by atoms with Crippen LogP contribution in [0.4, 0.5) is 0 Å². The van der Waals surface area contributed by atoms with Gasteiger partial charge in [0.1, 0.15) is 5.97 Å². The zero-order valence-corrected chi connectivity index (χ0v) is 6.91. The van der Waals surface area contributed by atoms with Gasteiger partial charge in [0.05, 0.1) is 0 Å². The molecule has 0 bridgehead atoms. The number of carbonyl (C=O) groups excluding carboxylic acids is 2. The molecule has 1 aliphatic rings. The second kappa shape index (κ2) is 4.09. The molecule has 0 atom stereocenters. The summed E-state index contributed by atoms with van der Waals surface area (Å²) in [5.74, 6) is -2.45. The highest BCUT2D eigenvalue weighted by Crippen LogP contribution is 2.09. The molecule has 0 aromatic heterocycles. The molecule has 1 aliphatic heterocycles. The fraction of sp³-hybridized carbons (Fsp3) is 0.750. The zero-order valence-electron chi connectivity index (χ0n) is 6.91. The molecular formula is C8H12NO3-. The topological polar surface area (TPSA) is 60.4 Å². The zero-order chi connectivity index (χ0) is 8.97. The molecule has 0 N–H and O–H groups in total. The average Bonchev–Trinajstić information content (AvgIpc) is 2.30. The van der Waals surface area contributed by atoms with Gasteiger partial charge in [0.25, 0.3) is 5.91 Å². The Morgan fingerprint density at radius 2 is 1.50 bits per heavy atom. The lowest BCUT2D eigenvalue weighted by molar-refractivity contribution is -0.301. The first-order chi connectivity index (χ1) is 5.72. The molecule has 1 amide bonds. The van der Waals surface area contributed by atoms with Crippen LogP contribution in [0.25, 0.3) is 0 Å². The van der Waals surface area contributed by atoms with Crippen LogP contribution in [-0.4, -0.2) is 29.9 Å². The molecule has 1 rings (SSSR count). The Hall–Kier alpha value is -1.06. The summed E-state index contributed by atoms with van der Waals surface area (Å²) >= 11 is 0. The van der Waals surface area contributed by atoms with Crippen molar-refractivity contribution in [2.24, 2.45) is 0 Å². The molecule has 1 fully saturated rings. The Labute approximate surface area is 71.2 Å². The lowest BCUT2D eigenvalue weighted by Gasteiger charge is -2.20. The molecule has 1 saturated heterocycles. The molecule has 0 aromatic carbocycles. The first-order valence-corrected chi connectivity index (χ1v) is 4.22. The van der Waals surface area contributed by atoms with Crippen LogP contribution in [0.5, 0.6) is 0 Å². The van der Waals surface area contributed by atoms with E-state index in [1.165, 1.54) is 4.90 Å². The van der Waals surface area contributed by atoms with Crippen molar-refractivity contribution in [1.29, 1.82) is 0 Å². The van der Waals surface area contributed by atoms with Crippen molar-refractivity contribution in [3.8, 4) is 0 Å². The van der Waals surface area contributed by atoms with Gasteiger partial charge in [-0.15, -0.1) is 0 Å². The summed E-state index contributed by atoms with van der Waals surface area (Å²) in [6.45, 7) is 1.12. The van der Waals surface area contributed by atoms with Crippen molar-refractivity contribution < 1.29 is 14.7 Å². The molecule has 0 aromatic rings. The highest BCUT2D eigenvalue weighted by atomic mass is 16.4. The largest absolute Gasteiger partial charge is 0.540 e. The van der Waals surface area contributed by atoms with Crippen LogP contribution in [0.3, 0.4) is 0 Å². The molecule has 68 valence electrons. The van der Waals surface area contributed by atoms with Gasteiger partial charge in [-0.1, -0.05) is 12.8 Å². The number of aliphatic carboxylic acids is 1. The lowest BCUT2D eigenvalue weighted by atomic mass is 10.2. The van der Waals surface area contributed by atoms with Gasteiger partial charge in [-0.25, -0.2) is 0 Å². The molecular weight excluding hydrogens is 158 g/mol. The van der Waals surface area contributed by atoms with E-state index in [-0.39, 0.29) is 0 Å². The SMILES string of the molecule is O=C([O-])C(=O)N1CCCCCC1. The number of hydrogen-bond donors (Lipinski definition) is 0. The third kappa shape index (κ3) is 2.22. The normalized spacial score (nSPS) is 18.5. The number of nitrogens with zero attached hydrogens (tertiary/aromatic N) is 1. The van der Waals surface area contributed by atoms with Gasteiger partial charge < -0.3 is 14.8 Å². The predicted molar refractivity (Wildman–Crippen MR) is 40.1 cm³/mol. The van der Waals surface area contributed by atoms with E-state index in [0.717, 1.165) is 25.7 Å². The quantitative estimate of drug-likeness (QED) is 0.444. The van der Waals surface area contributed by atoms with E-state index < -0.39 is 11.9 Å². The summed E-state index contributed by atoms with van der Waals surface area (Å²) in [4.78, 5) is 22.5. The van der Waals surface area contributed by atoms with Crippen molar-refractivity contribution >= 4 is 11.9 Å². The van der Waals surface area contributed by atoms with Crippen LogP contribution in [0, 0.1) is 0 Å². The van der Waals surface area contributed by atoms with Crippen LogP contribution in [0.2, 0.25) is 0 Å². The van der Waals surface area contributed by atoms with E-state index in [2.05, 4.69) is 0 Å². The predicted octanol–water partition coefficient (Wildman–Crippen LogP) is -0.861. The molecule has 0 saturated carbocycles. The Balaban J connectivity index is 2.48. The summed E-state index contributed by atoms with van der Waals surface area (Å²) in [7, 11) is 0. The van der Waals surface area contributed by atoms with Gasteiger partial charge in [0, 0.05) is 13.1 Å². The maximum atomic E-state index is 10.9. The number of hydrogen-bond acceptors (Lipinski definition) is 3. The summed E-state index contributed by atoms with van der Waals surface area (Å²) in [6, 6.07) is 0. The Morgan fingerprint density at radius 1 is 1.00 bits per heavy atom.